The highest BCUT2D eigenvalue weighted by Crippen LogP contribution is 2.76. The molecule has 0 amide bonds. The average Bonchev–Trinajstić information content (AvgIpc) is 3.44. The molecule has 1 unspecified atom stereocenters. The van der Waals surface area contributed by atoms with E-state index in [2.05, 4.69) is 13.5 Å². The van der Waals surface area contributed by atoms with Crippen molar-refractivity contribution in [2.24, 2.45) is 39.9 Å². The lowest BCUT2D eigenvalue weighted by atomic mass is 9.54. The Balaban J connectivity index is 1.39. The summed E-state index contributed by atoms with van der Waals surface area (Å²) in [6.07, 6.45) is 2.66. The third kappa shape index (κ3) is 2.90. The number of hydrogen-bond donors (Lipinski definition) is 2. The summed E-state index contributed by atoms with van der Waals surface area (Å²) in [7, 11) is 0. The normalized spacial score (nSPS) is 51.5. The maximum Gasteiger partial charge on any atom is 0.334 e. The Morgan fingerprint density at radius 1 is 1.15 bits per heavy atom. The molecule has 2 heterocycles. The number of fused-ring (bicyclic) bond motifs is 6. The maximum absolute atomic E-state index is 14.1. The Bertz CT molecular complexity index is 1280. The monoisotopic (exact) mass is 538 g/mol. The first kappa shape index (κ1) is 25.5. The van der Waals surface area contributed by atoms with Crippen LogP contribution in [0.4, 0.5) is 0 Å². The molecule has 7 rings (SSSR count). The second kappa shape index (κ2) is 7.84. The van der Waals surface area contributed by atoms with E-state index in [1.165, 1.54) is 12.5 Å². The summed E-state index contributed by atoms with van der Waals surface area (Å²) >= 11 is 0. The predicted octanol–water partition coefficient (Wildman–Crippen LogP) is 3.16. The minimum Gasteiger partial charge on any atom is -0.461 e. The van der Waals surface area contributed by atoms with Crippen molar-refractivity contribution in [2.75, 3.05) is 0 Å². The van der Waals surface area contributed by atoms with Crippen molar-refractivity contribution in [2.45, 2.75) is 96.7 Å². The number of carbonyl (C=O) groups excluding carboxylic acids is 3. The number of aliphatic hydroxyl groups excluding tert-OH is 2. The number of aliphatic hydroxyl groups is 2. The molecule has 5 aliphatic carbocycles. The Labute approximate surface area is 228 Å². The molecule has 5 fully saturated rings. The molecule has 12 atom stereocenters. The predicted molar refractivity (Wildman–Crippen MR) is 138 cm³/mol. The van der Waals surface area contributed by atoms with Crippen molar-refractivity contribution in [1.82, 2.24) is 0 Å². The second-order valence-corrected chi connectivity index (χ2v) is 13.7. The summed E-state index contributed by atoms with van der Waals surface area (Å²) < 4.78 is 18.1. The van der Waals surface area contributed by atoms with Gasteiger partial charge in [0.1, 0.15) is 18.3 Å². The van der Waals surface area contributed by atoms with Crippen LogP contribution in [0.2, 0.25) is 0 Å². The fourth-order valence-electron chi connectivity index (χ4n) is 10.3. The summed E-state index contributed by atoms with van der Waals surface area (Å²) in [5, 5.41) is 22.0. The minimum atomic E-state index is -0.934. The summed E-state index contributed by atoms with van der Waals surface area (Å²) in [5.74, 6) is -1.81. The molecular formula is C31H38O8. The van der Waals surface area contributed by atoms with Crippen LogP contribution in [0.25, 0.3) is 0 Å². The van der Waals surface area contributed by atoms with Gasteiger partial charge in [-0.05, 0) is 56.9 Å². The van der Waals surface area contributed by atoms with Gasteiger partial charge in [0, 0.05) is 41.1 Å². The molecule has 2 saturated heterocycles. The highest BCUT2D eigenvalue weighted by atomic mass is 16.6. The number of carbonyl (C=O) groups is 3. The van der Waals surface area contributed by atoms with Crippen LogP contribution in [0.1, 0.15) is 66.2 Å². The van der Waals surface area contributed by atoms with Crippen molar-refractivity contribution in [1.29, 1.82) is 0 Å². The molecule has 0 aromatic heterocycles. The van der Waals surface area contributed by atoms with Crippen LogP contribution in [0.3, 0.4) is 0 Å². The third-order valence-electron chi connectivity index (χ3n) is 12.1. The van der Waals surface area contributed by atoms with Gasteiger partial charge in [-0.2, -0.15) is 0 Å². The van der Waals surface area contributed by atoms with Crippen LogP contribution in [-0.4, -0.2) is 58.6 Å². The van der Waals surface area contributed by atoms with E-state index in [0.29, 0.717) is 44.1 Å². The lowest BCUT2D eigenvalue weighted by Crippen LogP contribution is -2.51. The fourth-order valence-corrected chi connectivity index (χ4v) is 10.3. The summed E-state index contributed by atoms with van der Waals surface area (Å²) in [5.41, 5.74) is 1.34. The van der Waals surface area contributed by atoms with Gasteiger partial charge < -0.3 is 24.4 Å². The zero-order chi connectivity index (χ0) is 27.8. The SMILES string of the molecule is C=C1C(=O)O[C@@H]2C[C@@H](C)[C@]34C[C@]5(C(=O)O[C@H]6C[C@@]7(C)C(=C[C@H]65)[C@H](O)CC[C@@H]7O)[C@H](C(C)=C3C[C@@H]12)C4OC(C)=O. The zero-order valence-corrected chi connectivity index (χ0v) is 23.1. The van der Waals surface area contributed by atoms with Gasteiger partial charge in [0.05, 0.1) is 17.6 Å². The van der Waals surface area contributed by atoms with Crippen molar-refractivity contribution in [3.05, 3.63) is 34.9 Å². The van der Waals surface area contributed by atoms with E-state index >= 15 is 0 Å². The van der Waals surface area contributed by atoms with E-state index in [9.17, 15) is 24.6 Å². The van der Waals surface area contributed by atoms with Gasteiger partial charge in [-0.1, -0.05) is 37.6 Å². The molecular weight excluding hydrogens is 500 g/mol. The standard InChI is InChI=1S/C31H38O8/c1-13-8-22-17(14(2)27(35)38-22)9-18-15(3)25-26(37-16(4)32)30(13,18)12-31(25)20-10-19-21(33)6-7-24(34)29(19,5)11-23(20)39-28(31)36/h10,13,17,20-26,33-34H,2,6-9,11-12H2,1,3-5H3/t13-,17+,20-,21-,22-,23+,24+,25-,26?,29+,30-,31-/m1/s1. The fraction of sp³-hybridized carbons (Fsp3) is 0.710. The van der Waals surface area contributed by atoms with E-state index in [0.717, 1.165) is 11.1 Å². The zero-order valence-electron chi connectivity index (χ0n) is 23.1. The molecule has 2 bridgehead atoms. The number of ether oxygens (including phenoxy) is 3. The lowest BCUT2D eigenvalue weighted by Gasteiger charge is -2.49. The molecule has 210 valence electrons. The first-order valence-corrected chi connectivity index (χ1v) is 14.4. The van der Waals surface area contributed by atoms with Gasteiger partial charge in [0.15, 0.2) is 0 Å². The van der Waals surface area contributed by atoms with Crippen LogP contribution >= 0.6 is 0 Å². The largest absolute Gasteiger partial charge is 0.461 e. The van der Waals surface area contributed by atoms with Gasteiger partial charge >= 0.3 is 17.9 Å². The quantitative estimate of drug-likeness (QED) is 0.226. The molecule has 8 nitrogen and oxygen atoms in total. The Morgan fingerprint density at radius 3 is 2.62 bits per heavy atom. The first-order chi connectivity index (χ1) is 18.4. The van der Waals surface area contributed by atoms with Crippen LogP contribution in [0, 0.1) is 39.9 Å². The minimum absolute atomic E-state index is 0.0275. The first-order valence-electron chi connectivity index (χ1n) is 14.4. The molecule has 2 aliphatic heterocycles. The highest BCUT2D eigenvalue weighted by molar-refractivity contribution is 5.91. The molecule has 0 aromatic carbocycles. The summed E-state index contributed by atoms with van der Waals surface area (Å²) in [4.78, 5) is 39.1. The van der Waals surface area contributed by atoms with Crippen LogP contribution in [0.15, 0.2) is 34.9 Å². The number of esters is 3. The van der Waals surface area contributed by atoms with Gasteiger partial charge in [-0.15, -0.1) is 0 Å². The molecule has 8 heteroatoms. The highest BCUT2D eigenvalue weighted by Gasteiger charge is 2.79. The smallest absolute Gasteiger partial charge is 0.334 e. The molecule has 2 spiro atoms. The van der Waals surface area contributed by atoms with Gasteiger partial charge in [0.2, 0.25) is 0 Å². The average molecular weight is 539 g/mol. The lowest BCUT2D eigenvalue weighted by molar-refractivity contribution is -0.156. The van der Waals surface area contributed by atoms with E-state index in [1.807, 2.05) is 19.9 Å². The molecule has 2 N–H and O–H groups in total. The Kier molecular flexibility index (Phi) is 5.13. The molecule has 0 aromatic rings. The Hall–Kier alpha value is -2.45. The number of rotatable bonds is 1. The number of hydrogen-bond acceptors (Lipinski definition) is 8. The van der Waals surface area contributed by atoms with E-state index in [4.69, 9.17) is 14.2 Å². The van der Waals surface area contributed by atoms with Gasteiger partial charge in [-0.25, -0.2) is 4.79 Å². The molecule has 3 saturated carbocycles. The maximum atomic E-state index is 14.1. The van der Waals surface area contributed by atoms with Gasteiger partial charge in [-0.3, -0.25) is 9.59 Å². The van der Waals surface area contributed by atoms with Crippen molar-refractivity contribution in [3.8, 4) is 0 Å². The van der Waals surface area contributed by atoms with Crippen LogP contribution in [0.5, 0.6) is 0 Å². The van der Waals surface area contributed by atoms with E-state index in [-0.39, 0.29) is 47.7 Å². The third-order valence-corrected chi connectivity index (χ3v) is 12.1. The summed E-state index contributed by atoms with van der Waals surface area (Å²) in [6, 6.07) is 0. The van der Waals surface area contributed by atoms with Crippen molar-refractivity contribution in [3.63, 3.8) is 0 Å². The summed E-state index contributed by atoms with van der Waals surface area (Å²) in [6.45, 7) is 11.6. The van der Waals surface area contributed by atoms with Gasteiger partial charge in [0.25, 0.3) is 0 Å². The molecule has 7 aliphatic rings. The molecule has 0 radical (unpaired) electrons. The van der Waals surface area contributed by atoms with E-state index in [1.54, 1.807) is 0 Å². The van der Waals surface area contributed by atoms with Crippen LogP contribution < -0.4 is 0 Å². The molecule has 39 heavy (non-hydrogen) atoms. The topological polar surface area (TPSA) is 119 Å². The Morgan fingerprint density at radius 2 is 1.90 bits per heavy atom. The van der Waals surface area contributed by atoms with Crippen molar-refractivity contribution < 1.29 is 38.8 Å². The van der Waals surface area contributed by atoms with Crippen LogP contribution in [-0.2, 0) is 28.6 Å². The van der Waals surface area contributed by atoms with Crippen molar-refractivity contribution >= 4 is 17.9 Å². The van der Waals surface area contributed by atoms with E-state index < -0.39 is 40.7 Å². The second-order valence-electron chi connectivity index (χ2n) is 13.7.